The van der Waals surface area contributed by atoms with Gasteiger partial charge in [-0.25, -0.2) is 0 Å². The van der Waals surface area contributed by atoms with E-state index in [-0.39, 0.29) is 0 Å². The smallest absolute Gasteiger partial charge is 0.0223 e. The van der Waals surface area contributed by atoms with E-state index < -0.39 is 0 Å². The van der Waals surface area contributed by atoms with Crippen molar-refractivity contribution in [3.8, 4) is 0 Å². The summed E-state index contributed by atoms with van der Waals surface area (Å²) in [6.45, 7) is 11.7. The largest absolute Gasteiger partial charge is 0.312 e. The highest BCUT2D eigenvalue weighted by Crippen LogP contribution is 2.29. The average Bonchev–Trinajstić information content (AvgIpc) is 3.10. The molecule has 1 rings (SSSR count). The summed E-state index contributed by atoms with van der Waals surface area (Å²) >= 11 is 0. The fourth-order valence-corrected chi connectivity index (χ4v) is 2.60. The Balaban J connectivity index is 2.45. The quantitative estimate of drug-likeness (QED) is 0.650. The van der Waals surface area contributed by atoms with Gasteiger partial charge in [-0.2, -0.15) is 0 Å². The van der Waals surface area contributed by atoms with Crippen LogP contribution in [-0.2, 0) is 0 Å². The zero-order valence-corrected chi connectivity index (χ0v) is 11.6. The molecule has 0 aromatic heterocycles. The number of rotatable bonds is 9. The van der Waals surface area contributed by atoms with Crippen molar-refractivity contribution in [2.24, 2.45) is 0 Å². The summed E-state index contributed by atoms with van der Waals surface area (Å²) < 4.78 is 0. The van der Waals surface area contributed by atoms with Crippen molar-refractivity contribution >= 4 is 0 Å². The van der Waals surface area contributed by atoms with Crippen LogP contribution in [0.5, 0.6) is 0 Å². The van der Waals surface area contributed by atoms with Gasteiger partial charge in [0.05, 0.1) is 0 Å². The van der Waals surface area contributed by atoms with Crippen LogP contribution in [0, 0.1) is 0 Å². The first-order valence-corrected chi connectivity index (χ1v) is 7.23. The van der Waals surface area contributed by atoms with E-state index in [2.05, 4.69) is 37.9 Å². The molecule has 0 aromatic rings. The van der Waals surface area contributed by atoms with Crippen molar-refractivity contribution in [2.45, 2.75) is 77.9 Å². The Morgan fingerprint density at radius 1 is 1.19 bits per heavy atom. The predicted molar refractivity (Wildman–Crippen MR) is 71.9 cm³/mol. The summed E-state index contributed by atoms with van der Waals surface area (Å²) in [5.41, 5.74) is 0. The van der Waals surface area contributed by atoms with Gasteiger partial charge in [0, 0.05) is 18.1 Å². The minimum absolute atomic E-state index is 0.673. The standard InChI is InChI=1S/C14H30N2/c1-5-10-15-14(7-3)12(4)16(11-6-2)13-8-9-13/h12-15H,5-11H2,1-4H3. The van der Waals surface area contributed by atoms with E-state index in [0.29, 0.717) is 12.1 Å². The molecule has 96 valence electrons. The SMILES string of the molecule is CCCNC(CC)C(C)N(CCC)C1CC1. The van der Waals surface area contributed by atoms with E-state index in [1.807, 2.05) is 0 Å². The first-order chi connectivity index (χ1) is 7.74. The fraction of sp³-hybridized carbons (Fsp3) is 1.00. The number of hydrogen-bond donors (Lipinski definition) is 1. The van der Waals surface area contributed by atoms with E-state index in [9.17, 15) is 0 Å². The first-order valence-electron chi connectivity index (χ1n) is 7.23. The molecule has 0 bridgehead atoms. The zero-order valence-electron chi connectivity index (χ0n) is 11.6. The van der Waals surface area contributed by atoms with E-state index in [4.69, 9.17) is 0 Å². The second-order valence-corrected chi connectivity index (χ2v) is 5.18. The van der Waals surface area contributed by atoms with Crippen molar-refractivity contribution in [2.75, 3.05) is 13.1 Å². The minimum Gasteiger partial charge on any atom is -0.312 e. The van der Waals surface area contributed by atoms with Crippen molar-refractivity contribution in [3.63, 3.8) is 0 Å². The Morgan fingerprint density at radius 2 is 1.88 bits per heavy atom. The van der Waals surface area contributed by atoms with Gasteiger partial charge in [-0.15, -0.1) is 0 Å². The van der Waals surface area contributed by atoms with Crippen molar-refractivity contribution < 1.29 is 0 Å². The molecule has 0 saturated heterocycles. The first kappa shape index (κ1) is 14.0. The Hall–Kier alpha value is -0.0800. The van der Waals surface area contributed by atoms with Crippen molar-refractivity contribution in [1.82, 2.24) is 10.2 Å². The van der Waals surface area contributed by atoms with Gasteiger partial charge in [0.15, 0.2) is 0 Å². The maximum atomic E-state index is 3.70. The Bertz CT molecular complexity index is 178. The molecule has 0 radical (unpaired) electrons. The molecule has 16 heavy (non-hydrogen) atoms. The summed E-state index contributed by atoms with van der Waals surface area (Å²) in [7, 11) is 0. The summed E-state index contributed by atoms with van der Waals surface area (Å²) in [5.74, 6) is 0. The van der Waals surface area contributed by atoms with Crippen LogP contribution in [-0.4, -0.2) is 36.1 Å². The van der Waals surface area contributed by atoms with Gasteiger partial charge in [-0.1, -0.05) is 20.8 Å². The molecule has 1 N–H and O–H groups in total. The lowest BCUT2D eigenvalue weighted by molar-refractivity contribution is 0.157. The molecule has 2 atom stereocenters. The van der Waals surface area contributed by atoms with E-state index in [1.54, 1.807) is 0 Å². The molecule has 1 aliphatic rings. The van der Waals surface area contributed by atoms with Crippen LogP contribution in [0.15, 0.2) is 0 Å². The van der Waals surface area contributed by atoms with Gasteiger partial charge in [-0.3, -0.25) is 4.90 Å². The third-order valence-corrected chi connectivity index (χ3v) is 3.70. The topological polar surface area (TPSA) is 15.3 Å². The van der Waals surface area contributed by atoms with Crippen molar-refractivity contribution in [1.29, 1.82) is 0 Å². The minimum atomic E-state index is 0.673. The second kappa shape index (κ2) is 7.29. The van der Waals surface area contributed by atoms with Crippen LogP contribution in [0.2, 0.25) is 0 Å². The maximum absolute atomic E-state index is 3.70. The lowest BCUT2D eigenvalue weighted by Gasteiger charge is -2.35. The lowest BCUT2D eigenvalue weighted by atomic mass is 10.0. The molecule has 2 heteroatoms. The van der Waals surface area contributed by atoms with E-state index >= 15 is 0 Å². The number of nitrogens with one attached hydrogen (secondary N) is 1. The molecule has 0 spiro atoms. The van der Waals surface area contributed by atoms with E-state index in [0.717, 1.165) is 12.6 Å². The van der Waals surface area contributed by atoms with Gasteiger partial charge < -0.3 is 5.32 Å². The molecule has 2 nitrogen and oxygen atoms in total. The highest BCUT2D eigenvalue weighted by atomic mass is 15.2. The van der Waals surface area contributed by atoms with Crippen molar-refractivity contribution in [3.05, 3.63) is 0 Å². The van der Waals surface area contributed by atoms with Crippen LogP contribution >= 0.6 is 0 Å². The van der Waals surface area contributed by atoms with Gasteiger partial charge in [0.1, 0.15) is 0 Å². The highest BCUT2D eigenvalue weighted by molar-refractivity contribution is 4.91. The Kier molecular flexibility index (Phi) is 6.37. The molecule has 0 aliphatic heterocycles. The van der Waals surface area contributed by atoms with E-state index in [1.165, 1.54) is 38.6 Å². The Labute approximate surface area is 102 Å². The third-order valence-electron chi connectivity index (χ3n) is 3.70. The highest BCUT2D eigenvalue weighted by Gasteiger charge is 2.33. The zero-order chi connectivity index (χ0) is 12.0. The van der Waals surface area contributed by atoms with Crippen LogP contribution in [0.1, 0.15) is 59.8 Å². The molecule has 1 saturated carbocycles. The molecular formula is C14H30N2. The fourth-order valence-electron chi connectivity index (χ4n) is 2.60. The molecule has 0 aromatic carbocycles. The van der Waals surface area contributed by atoms with Crippen LogP contribution < -0.4 is 5.32 Å². The lowest BCUT2D eigenvalue weighted by Crippen LogP contribution is -2.49. The average molecular weight is 226 g/mol. The van der Waals surface area contributed by atoms with Gasteiger partial charge in [0.2, 0.25) is 0 Å². The molecule has 0 heterocycles. The molecule has 1 fully saturated rings. The molecule has 1 aliphatic carbocycles. The Morgan fingerprint density at radius 3 is 2.31 bits per heavy atom. The van der Waals surface area contributed by atoms with Gasteiger partial charge in [0.25, 0.3) is 0 Å². The summed E-state index contributed by atoms with van der Waals surface area (Å²) in [6.07, 6.45) is 6.61. The second-order valence-electron chi connectivity index (χ2n) is 5.18. The summed E-state index contributed by atoms with van der Waals surface area (Å²) in [6, 6.07) is 2.27. The van der Waals surface area contributed by atoms with Gasteiger partial charge in [-0.05, 0) is 52.1 Å². The number of hydrogen-bond acceptors (Lipinski definition) is 2. The number of nitrogens with zero attached hydrogens (tertiary/aromatic N) is 1. The maximum Gasteiger partial charge on any atom is 0.0223 e. The molecule has 2 unspecified atom stereocenters. The summed E-state index contributed by atoms with van der Waals surface area (Å²) in [5, 5.41) is 3.70. The normalized spacial score (nSPS) is 20.1. The van der Waals surface area contributed by atoms with Crippen LogP contribution in [0.4, 0.5) is 0 Å². The molecule has 0 amide bonds. The third kappa shape index (κ3) is 4.06. The van der Waals surface area contributed by atoms with Crippen LogP contribution in [0.25, 0.3) is 0 Å². The van der Waals surface area contributed by atoms with Gasteiger partial charge >= 0.3 is 0 Å². The monoisotopic (exact) mass is 226 g/mol. The predicted octanol–water partition coefficient (Wildman–Crippen LogP) is 3.03. The molecular weight excluding hydrogens is 196 g/mol. The summed E-state index contributed by atoms with van der Waals surface area (Å²) in [4.78, 5) is 2.73. The van der Waals surface area contributed by atoms with Crippen LogP contribution in [0.3, 0.4) is 0 Å².